The van der Waals surface area contributed by atoms with Crippen LogP contribution in [0.4, 0.5) is 19.0 Å². The van der Waals surface area contributed by atoms with Crippen molar-refractivity contribution in [3.8, 4) is 0 Å². The molecule has 0 spiro atoms. The highest BCUT2D eigenvalue weighted by Gasteiger charge is 2.31. The molecule has 0 aromatic carbocycles. The molecule has 0 radical (unpaired) electrons. The van der Waals surface area contributed by atoms with E-state index in [1.54, 1.807) is 0 Å². The largest absolute Gasteiger partial charge is 0.417 e. The summed E-state index contributed by atoms with van der Waals surface area (Å²) < 4.78 is 36.9. The second-order valence-corrected chi connectivity index (χ2v) is 3.44. The maximum absolute atomic E-state index is 12.3. The second kappa shape index (κ2) is 4.70. The van der Waals surface area contributed by atoms with Crippen molar-refractivity contribution in [1.29, 1.82) is 0 Å². The second-order valence-electron chi connectivity index (χ2n) is 3.06. The van der Waals surface area contributed by atoms with Crippen molar-refractivity contribution in [3.63, 3.8) is 0 Å². The van der Waals surface area contributed by atoms with Crippen LogP contribution in [0.25, 0.3) is 0 Å². The Balaban J connectivity index is 2.95. The molecule has 6 heteroatoms. The van der Waals surface area contributed by atoms with Crippen LogP contribution in [-0.4, -0.2) is 10.9 Å². The SMILES string of the molecule is Nc1ncc(C(F)(F)F)cc1CCCCl. The van der Waals surface area contributed by atoms with Crippen LogP contribution in [0.3, 0.4) is 0 Å². The number of pyridine rings is 1. The smallest absolute Gasteiger partial charge is 0.383 e. The molecule has 1 aromatic heterocycles. The van der Waals surface area contributed by atoms with Crippen molar-refractivity contribution in [3.05, 3.63) is 23.4 Å². The Morgan fingerprint density at radius 3 is 2.60 bits per heavy atom. The maximum atomic E-state index is 12.3. The number of nitrogens with zero attached hydrogens (tertiary/aromatic N) is 1. The zero-order valence-electron chi connectivity index (χ0n) is 7.81. The Hall–Kier alpha value is -0.970. The van der Waals surface area contributed by atoms with Gasteiger partial charge in [-0.25, -0.2) is 4.98 Å². The van der Waals surface area contributed by atoms with Crippen molar-refractivity contribution in [2.45, 2.75) is 19.0 Å². The van der Waals surface area contributed by atoms with E-state index in [-0.39, 0.29) is 5.82 Å². The third kappa shape index (κ3) is 3.27. The number of aryl methyl sites for hydroxylation is 1. The standard InChI is InChI=1S/C9H10ClF3N2/c10-3-1-2-6-4-7(9(11,12)13)5-15-8(6)14/h4-5H,1-3H2,(H2,14,15). The van der Waals surface area contributed by atoms with Gasteiger partial charge in [-0.15, -0.1) is 11.6 Å². The van der Waals surface area contributed by atoms with Crippen molar-refractivity contribution < 1.29 is 13.2 Å². The number of nitrogen functional groups attached to an aromatic ring is 1. The highest BCUT2D eigenvalue weighted by atomic mass is 35.5. The molecular formula is C9H10ClF3N2. The third-order valence-corrected chi connectivity index (χ3v) is 2.18. The summed E-state index contributed by atoms with van der Waals surface area (Å²) in [6, 6.07) is 1.02. The lowest BCUT2D eigenvalue weighted by Crippen LogP contribution is -2.08. The number of anilines is 1. The number of hydrogen-bond acceptors (Lipinski definition) is 2. The number of nitrogens with two attached hydrogens (primary N) is 1. The molecule has 84 valence electrons. The van der Waals surface area contributed by atoms with Gasteiger partial charge >= 0.3 is 6.18 Å². The molecule has 0 aliphatic rings. The lowest BCUT2D eigenvalue weighted by atomic mass is 10.1. The van der Waals surface area contributed by atoms with Gasteiger partial charge in [-0.05, 0) is 24.5 Å². The minimum Gasteiger partial charge on any atom is -0.383 e. The molecule has 0 atom stereocenters. The molecule has 0 amide bonds. The van der Waals surface area contributed by atoms with Crippen LogP contribution in [0.1, 0.15) is 17.5 Å². The Labute approximate surface area is 90.3 Å². The molecule has 0 unspecified atom stereocenters. The lowest BCUT2D eigenvalue weighted by Gasteiger charge is -2.09. The van der Waals surface area contributed by atoms with Crippen LogP contribution in [0, 0.1) is 0 Å². The molecule has 0 aliphatic heterocycles. The first-order valence-electron chi connectivity index (χ1n) is 4.32. The summed E-state index contributed by atoms with van der Waals surface area (Å²) in [5, 5.41) is 0. The quantitative estimate of drug-likeness (QED) is 0.823. The van der Waals surface area contributed by atoms with E-state index in [4.69, 9.17) is 17.3 Å². The van der Waals surface area contributed by atoms with E-state index in [2.05, 4.69) is 4.98 Å². The molecule has 15 heavy (non-hydrogen) atoms. The molecule has 2 N–H and O–H groups in total. The molecular weight excluding hydrogens is 229 g/mol. The fourth-order valence-corrected chi connectivity index (χ4v) is 1.27. The molecule has 0 saturated heterocycles. The molecule has 0 aliphatic carbocycles. The number of aromatic nitrogens is 1. The summed E-state index contributed by atoms with van der Waals surface area (Å²) in [5.41, 5.74) is 5.07. The minimum absolute atomic E-state index is 0.133. The van der Waals surface area contributed by atoms with Gasteiger partial charge in [0.1, 0.15) is 5.82 Å². The van der Waals surface area contributed by atoms with Crippen molar-refractivity contribution in [1.82, 2.24) is 4.98 Å². The van der Waals surface area contributed by atoms with E-state index in [1.807, 2.05) is 0 Å². The predicted molar refractivity (Wildman–Crippen MR) is 52.7 cm³/mol. The topological polar surface area (TPSA) is 38.9 Å². The molecule has 1 aromatic rings. The van der Waals surface area contributed by atoms with Gasteiger partial charge in [0.2, 0.25) is 0 Å². The summed E-state index contributed by atoms with van der Waals surface area (Å²) in [7, 11) is 0. The number of hydrogen-bond donors (Lipinski definition) is 1. The van der Waals surface area contributed by atoms with E-state index >= 15 is 0 Å². The number of halogens is 4. The minimum atomic E-state index is -4.38. The van der Waals surface area contributed by atoms with Crippen LogP contribution in [-0.2, 0) is 12.6 Å². The van der Waals surface area contributed by atoms with Crippen molar-refractivity contribution in [2.75, 3.05) is 11.6 Å². The van der Waals surface area contributed by atoms with Crippen LogP contribution in [0.5, 0.6) is 0 Å². The molecule has 1 heterocycles. The number of alkyl halides is 4. The predicted octanol–water partition coefficient (Wildman–Crippen LogP) is 2.85. The first kappa shape index (κ1) is 12.1. The summed E-state index contributed by atoms with van der Waals surface area (Å²) in [4.78, 5) is 3.51. The van der Waals surface area contributed by atoms with Gasteiger partial charge in [-0.3, -0.25) is 0 Å². The van der Waals surface area contributed by atoms with E-state index in [0.717, 1.165) is 12.3 Å². The molecule has 0 bridgehead atoms. The van der Waals surface area contributed by atoms with Gasteiger partial charge < -0.3 is 5.73 Å². The van der Waals surface area contributed by atoms with E-state index in [9.17, 15) is 13.2 Å². The average molecular weight is 239 g/mol. The Bertz CT molecular complexity index is 339. The summed E-state index contributed by atoms with van der Waals surface area (Å²) in [6.45, 7) is 0. The van der Waals surface area contributed by atoms with E-state index in [1.165, 1.54) is 0 Å². The third-order valence-electron chi connectivity index (χ3n) is 1.91. The van der Waals surface area contributed by atoms with Crippen LogP contribution in [0.15, 0.2) is 12.3 Å². The van der Waals surface area contributed by atoms with Crippen molar-refractivity contribution >= 4 is 17.4 Å². The molecule has 2 nitrogen and oxygen atoms in total. The van der Waals surface area contributed by atoms with Gasteiger partial charge in [0.05, 0.1) is 5.56 Å². The lowest BCUT2D eigenvalue weighted by molar-refractivity contribution is -0.137. The molecule has 0 saturated carbocycles. The molecule has 1 rings (SSSR count). The number of rotatable bonds is 3. The highest BCUT2D eigenvalue weighted by molar-refractivity contribution is 6.17. The normalized spacial score (nSPS) is 11.7. The van der Waals surface area contributed by atoms with Crippen LogP contribution < -0.4 is 5.73 Å². The van der Waals surface area contributed by atoms with Crippen LogP contribution in [0.2, 0.25) is 0 Å². The van der Waals surface area contributed by atoms with Gasteiger partial charge in [0, 0.05) is 12.1 Å². The van der Waals surface area contributed by atoms with Crippen molar-refractivity contribution in [2.24, 2.45) is 0 Å². The summed E-state index contributed by atoms with van der Waals surface area (Å²) in [6.07, 6.45) is -2.66. The van der Waals surface area contributed by atoms with E-state index in [0.29, 0.717) is 24.3 Å². The maximum Gasteiger partial charge on any atom is 0.417 e. The van der Waals surface area contributed by atoms with E-state index < -0.39 is 11.7 Å². The highest BCUT2D eigenvalue weighted by Crippen LogP contribution is 2.30. The average Bonchev–Trinajstić information content (AvgIpc) is 2.15. The van der Waals surface area contributed by atoms with Gasteiger partial charge in [-0.1, -0.05) is 0 Å². The fraction of sp³-hybridized carbons (Fsp3) is 0.444. The monoisotopic (exact) mass is 238 g/mol. The van der Waals surface area contributed by atoms with Gasteiger partial charge in [0.15, 0.2) is 0 Å². The van der Waals surface area contributed by atoms with Crippen LogP contribution >= 0.6 is 11.6 Å². The summed E-state index contributed by atoms with van der Waals surface area (Å²) in [5.74, 6) is 0.517. The fourth-order valence-electron chi connectivity index (χ4n) is 1.13. The molecule has 0 fully saturated rings. The van der Waals surface area contributed by atoms with Gasteiger partial charge in [0.25, 0.3) is 0 Å². The Kier molecular flexibility index (Phi) is 3.79. The first-order valence-corrected chi connectivity index (χ1v) is 4.86. The zero-order valence-corrected chi connectivity index (χ0v) is 8.57. The Morgan fingerprint density at radius 2 is 2.07 bits per heavy atom. The summed E-state index contributed by atoms with van der Waals surface area (Å²) >= 11 is 5.45. The first-order chi connectivity index (χ1) is 6.95. The zero-order chi connectivity index (χ0) is 11.5. The van der Waals surface area contributed by atoms with Gasteiger partial charge in [-0.2, -0.15) is 13.2 Å². The Morgan fingerprint density at radius 1 is 1.40 bits per heavy atom.